The Labute approximate surface area is 133 Å². The Balaban J connectivity index is 1.48. The van der Waals surface area contributed by atoms with Gasteiger partial charge in [-0.1, -0.05) is 36.2 Å². The molecule has 118 valence electrons. The third-order valence-corrected chi connectivity index (χ3v) is 5.93. The SMILES string of the molecule is Cc1cccc(C2(C(=O)N[C@H]3CCN4CCCC[C@H]34)CC2)c1. The lowest BCUT2D eigenvalue weighted by atomic mass is 9.92. The van der Waals surface area contributed by atoms with E-state index in [1.807, 2.05) is 0 Å². The van der Waals surface area contributed by atoms with E-state index in [-0.39, 0.29) is 11.3 Å². The molecule has 1 aromatic rings. The summed E-state index contributed by atoms with van der Waals surface area (Å²) in [6.45, 7) is 4.49. The molecule has 3 aliphatic rings. The van der Waals surface area contributed by atoms with Gasteiger partial charge in [0.25, 0.3) is 0 Å². The van der Waals surface area contributed by atoms with Crippen molar-refractivity contribution >= 4 is 5.91 Å². The minimum absolute atomic E-state index is 0.228. The van der Waals surface area contributed by atoms with Gasteiger partial charge in [-0.3, -0.25) is 9.69 Å². The van der Waals surface area contributed by atoms with Crippen LogP contribution in [-0.4, -0.2) is 36.0 Å². The molecule has 0 spiro atoms. The van der Waals surface area contributed by atoms with E-state index in [1.54, 1.807) is 0 Å². The van der Waals surface area contributed by atoms with Crippen molar-refractivity contribution in [2.24, 2.45) is 0 Å². The summed E-state index contributed by atoms with van der Waals surface area (Å²) in [4.78, 5) is 15.5. The molecule has 0 radical (unpaired) electrons. The zero-order valence-electron chi connectivity index (χ0n) is 13.5. The fraction of sp³-hybridized carbons (Fsp3) is 0.632. The summed E-state index contributed by atoms with van der Waals surface area (Å²) in [6.07, 6.45) is 7.02. The topological polar surface area (TPSA) is 32.3 Å². The number of rotatable bonds is 3. The molecule has 22 heavy (non-hydrogen) atoms. The Kier molecular flexibility index (Phi) is 3.48. The van der Waals surface area contributed by atoms with E-state index in [4.69, 9.17) is 0 Å². The van der Waals surface area contributed by atoms with E-state index < -0.39 is 0 Å². The van der Waals surface area contributed by atoms with Crippen molar-refractivity contribution in [3.63, 3.8) is 0 Å². The molecule has 2 aliphatic heterocycles. The molecule has 4 rings (SSSR count). The molecule has 3 heteroatoms. The molecule has 2 atom stereocenters. The van der Waals surface area contributed by atoms with Gasteiger partial charge in [-0.15, -0.1) is 0 Å². The molecular formula is C19H26N2O. The second kappa shape index (κ2) is 5.38. The number of carbonyl (C=O) groups is 1. The van der Waals surface area contributed by atoms with Crippen molar-refractivity contribution in [2.75, 3.05) is 13.1 Å². The predicted octanol–water partition coefficient (Wildman–Crippen LogP) is 2.77. The Bertz CT molecular complexity index is 579. The maximum absolute atomic E-state index is 12.9. The van der Waals surface area contributed by atoms with Crippen LogP contribution in [0.4, 0.5) is 0 Å². The van der Waals surface area contributed by atoms with Crippen molar-refractivity contribution in [1.29, 1.82) is 0 Å². The zero-order chi connectivity index (χ0) is 15.2. The van der Waals surface area contributed by atoms with E-state index in [0.29, 0.717) is 12.1 Å². The summed E-state index contributed by atoms with van der Waals surface area (Å²) in [6, 6.07) is 9.46. The fourth-order valence-corrected chi connectivity index (χ4v) is 4.44. The summed E-state index contributed by atoms with van der Waals surface area (Å²) in [7, 11) is 0. The number of nitrogens with one attached hydrogen (secondary N) is 1. The molecule has 2 heterocycles. The molecule has 2 saturated heterocycles. The number of carbonyl (C=O) groups excluding carboxylic acids is 1. The Morgan fingerprint density at radius 1 is 1.23 bits per heavy atom. The van der Waals surface area contributed by atoms with Crippen LogP contribution >= 0.6 is 0 Å². The van der Waals surface area contributed by atoms with Crippen LogP contribution < -0.4 is 5.32 Å². The molecule has 1 amide bonds. The molecule has 0 unspecified atom stereocenters. The third-order valence-electron chi connectivity index (χ3n) is 5.93. The van der Waals surface area contributed by atoms with Crippen LogP contribution in [0.3, 0.4) is 0 Å². The zero-order valence-corrected chi connectivity index (χ0v) is 13.5. The first-order valence-corrected chi connectivity index (χ1v) is 8.81. The van der Waals surface area contributed by atoms with Gasteiger partial charge >= 0.3 is 0 Å². The first-order chi connectivity index (χ1) is 10.7. The monoisotopic (exact) mass is 298 g/mol. The Hall–Kier alpha value is -1.35. The maximum Gasteiger partial charge on any atom is 0.230 e. The molecule has 1 N–H and O–H groups in total. The van der Waals surface area contributed by atoms with E-state index in [2.05, 4.69) is 41.4 Å². The number of benzene rings is 1. The highest BCUT2D eigenvalue weighted by molar-refractivity contribution is 5.91. The summed E-state index contributed by atoms with van der Waals surface area (Å²) in [5.41, 5.74) is 2.23. The van der Waals surface area contributed by atoms with Crippen molar-refractivity contribution in [3.05, 3.63) is 35.4 Å². The third kappa shape index (κ3) is 2.36. The molecule has 1 aliphatic carbocycles. The Morgan fingerprint density at radius 2 is 2.09 bits per heavy atom. The first-order valence-electron chi connectivity index (χ1n) is 8.81. The van der Waals surface area contributed by atoms with E-state index in [9.17, 15) is 4.79 Å². The average molecular weight is 298 g/mol. The molecular weight excluding hydrogens is 272 g/mol. The van der Waals surface area contributed by atoms with Gasteiger partial charge in [0.05, 0.1) is 5.41 Å². The number of nitrogens with zero attached hydrogens (tertiary/aromatic N) is 1. The second-order valence-corrected chi connectivity index (χ2v) is 7.42. The maximum atomic E-state index is 12.9. The van der Waals surface area contributed by atoms with E-state index in [0.717, 1.165) is 25.8 Å². The largest absolute Gasteiger partial charge is 0.351 e. The smallest absolute Gasteiger partial charge is 0.230 e. The van der Waals surface area contributed by atoms with Crippen LogP contribution in [0.15, 0.2) is 24.3 Å². The van der Waals surface area contributed by atoms with Crippen LogP contribution in [0.1, 0.15) is 49.7 Å². The van der Waals surface area contributed by atoms with E-state index >= 15 is 0 Å². The van der Waals surface area contributed by atoms with Crippen molar-refractivity contribution in [3.8, 4) is 0 Å². The number of aryl methyl sites for hydroxylation is 1. The van der Waals surface area contributed by atoms with Crippen molar-refractivity contribution < 1.29 is 4.79 Å². The van der Waals surface area contributed by atoms with Crippen LogP contribution in [-0.2, 0) is 10.2 Å². The summed E-state index contributed by atoms with van der Waals surface area (Å²) in [5.74, 6) is 0.274. The molecule has 0 bridgehead atoms. The summed E-state index contributed by atoms with van der Waals surface area (Å²) >= 11 is 0. The number of fused-ring (bicyclic) bond motifs is 1. The number of hydrogen-bond donors (Lipinski definition) is 1. The molecule has 1 saturated carbocycles. The minimum Gasteiger partial charge on any atom is -0.351 e. The molecule has 0 aromatic heterocycles. The fourth-order valence-electron chi connectivity index (χ4n) is 4.44. The van der Waals surface area contributed by atoms with Gasteiger partial charge in [0.1, 0.15) is 0 Å². The number of piperidine rings is 1. The molecule has 3 fully saturated rings. The lowest BCUT2D eigenvalue weighted by Crippen LogP contribution is -2.49. The van der Waals surface area contributed by atoms with Gasteiger partial charge in [0, 0.05) is 18.6 Å². The normalized spacial score (nSPS) is 29.9. The van der Waals surface area contributed by atoms with Crippen molar-refractivity contribution in [2.45, 2.75) is 62.9 Å². The van der Waals surface area contributed by atoms with Gasteiger partial charge in [0.2, 0.25) is 5.91 Å². The van der Waals surface area contributed by atoms with Gasteiger partial charge in [-0.25, -0.2) is 0 Å². The highest BCUT2D eigenvalue weighted by atomic mass is 16.2. The van der Waals surface area contributed by atoms with Crippen LogP contribution in [0, 0.1) is 6.92 Å². The number of amides is 1. The van der Waals surface area contributed by atoms with Crippen LogP contribution in [0.2, 0.25) is 0 Å². The lowest BCUT2D eigenvalue weighted by molar-refractivity contribution is -0.124. The van der Waals surface area contributed by atoms with Gasteiger partial charge in [-0.2, -0.15) is 0 Å². The average Bonchev–Trinajstić information content (AvgIpc) is 3.25. The van der Waals surface area contributed by atoms with Crippen molar-refractivity contribution in [1.82, 2.24) is 10.2 Å². The summed E-state index contributed by atoms with van der Waals surface area (Å²) in [5, 5.41) is 3.42. The van der Waals surface area contributed by atoms with Gasteiger partial charge in [0.15, 0.2) is 0 Å². The van der Waals surface area contributed by atoms with Gasteiger partial charge < -0.3 is 5.32 Å². The second-order valence-electron chi connectivity index (χ2n) is 7.42. The first kappa shape index (κ1) is 14.3. The predicted molar refractivity (Wildman–Crippen MR) is 87.9 cm³/mol. The van der Waals surface area contributed by atoms with Crippen LogP contribution in [0.25, 0.3) is 0 Å². The molecule has 3 nitrogen and oxygen atoms in total. The standard InChI is InChI=1S/C19H26N2O/c1-14-5-4-6-15(13-14)19(9-10-19)18(22)20-16-8-12-21-11-3-2-7-17(16)21/h4-6,13,16-17H,2-3,7-12H2,1H3,(H,20,22)/t16-,17+/m0/s1. The highest BCUT2D eigenvalue weighted by Crippen LogP contribution is 2.48. The van der Waals surface area contributed by atoms with Gasteiger partial charge in [-0.05, 0) is 51.1 Å². The van der Waals surface area contributed by atoms with E-state index in [1.165, 1.54) is 36.9 Å². The minimum atomic E-state index is -0.228. The summed E-state index contributed by atoms with van der Waals surface area (Å²) < 4.78 is 0. The highest BCUT2D eigenvalue weighted by Gasteiger charge is 2.52. The number of hydrogen-bond acceptors (Lipinski definition) is 2. The lowest BCUT2D eigenvalue weighted by Gasteiger charge is -2.33. The quantitative estimate of drug-likeness (QED) is 0.930. The van der Waals surface area contributed by atoms with Crippen LogP contribution in [0.5, 0.6) is 0 Å². The molecule has 1 aromatic carbocycles. The Morgan fingerprint density at radius 3 is 2.86 bits per heavy atom.